The molecule has 0 saturated carbocycles. The molecule has 0 unspecified atom stereocenters. The van der Waals surface area contributed by atoms with E-state index in [0.717, 1.165) is 16.5 Å². The number of hydrogen-bond donors (Lipinski definition) is 2. The maximum absolute atomic E-state index is 9.57. The maximum atomic E-state index is 9.57. The van der Waals surface area contributed by atoms with Crippen molar-refractivity contribution in [1.29, 1.82) is 0 Å². The van der Waals surface area contributed by atoms with Crippen LogP contribution in [0, 0.1) is 0 Å². The highest BCUT2D eigenvalue weighted by Crippen LogP contribution is 2.20. The number of para-hydroxylation sites is 1. The summed E-state index contributed by atoms with van der Waals surface area (Å²) in [5.74, 6) is 0. The van der Waals surface area contributed by atoms with Gasteiger partial charge in [0.1, 0.15) is 5.58 Å². The average Bonchev–Trinajstić information content (AvgIpc) is 2.60. The van der Waals surface area contributed by atoms with Crippen LogP contribution in [0.2, 0.25) is 0 Å². The standard InChI is InChI=1S/C13H17NO2/c1-13(2,15)9-14-7-10-8-16-12-6-4-3-5-11(10)12/h3-6,8,14-15H,7,9H2,1-2H3. The number of aliphatic hydroxyl groups is 1. The third-order valence-corrected chi connectivity index (χ3v) is 2.43. The Morgan fingerprint density at radius 2 is 2.06 bits per heavy atom. The molecule has 0 radical (unpaired) electrons. The summed E-state index contributed by atoms with van der Waals surface area (Å²) in [6, 6.07) is 7.95. The van der Waals surface area contributed by atoms with Gasteiger partial charge in [0.25, 0.3) is 0 Å². The summed E-state index contributed by atoms with van der Waals surface area (Å²) < 4.78 is 5.43. The molecule has 0 aliphatic carbocycles. The van der Waals surface area contributed by atoms with Gasteiger partial charge in [-0.25, -0.2) is 0 Å². The molecule has 2 rings (SSSR count). The quantitative estimate of drug-likeness (QED) is 0.829. The van der Waals surface area contributed by atoms with Gasteiger partial charge in [-0.05, 0) is 19.9 Å². The van der Waals surface area contributed by atoms with Gasteiger partial charge in [-0.3, -0.25) is 0 Å². The molecule has 0 aliphatic heterocycles. The molecule has 0 spiro atoms. The van der Waals surface area contributed by atoms with E-state index in [1.54, 1.807) is 20.1 Å². The zero-order valence-corrected chi connectivity index (χ0v) is 9.66. The van der Waals surface area contributed by atoms with E-state index in [2.05, 4.69) is 5.32 Å². The first kappa shape index (κ1) is 11.2. The van der Waals surface area contributed by atoms with Crippen LogP contribution < -0.4 is 5.32 Å². The van der Waals surface area contributed by atoms with Crippen LogP contribution in [0.1, 0.15) is 19.4 Å². The first-order chi connectivity index (χ1) is 7.56. The molecular formula is C13H17NO2. The largest absolute Gasteiger partial charge is 0.464 e. The fourth-order valence-electron chi connectivity index (χ4n) is 1.67. The summed E-state index contributed by atoms with van der Waals surface area (Å²) in [6.45, 7) is 4.84. The molecular weight excluding hydrogens is 202 g/mol. The second-order valence-corrected chi connectivity index (χ2v) is 4.67. The van der Waals surface area contributed by atoms with E-state index in [4.69, 9.17) is 4.42 Å². The number of rotatable bonds is 4. The van der Waals surface area contributed by atoms with Crippen molar-refractivity contribution in [2.75, 3.05) is 6.54 Å². The van der Waals surface area contributed by atoms with Crippen LogP contribution >= 0.6 is 0 Å². The van der Waals surface area contributed by atoms with Crippen LogP contribution in [0.4, 0.5) is 0 Å². The molecule has 0 aliphatic rings. The van der Waals surface area contributed by atoms with Crippen molar-refractivity contribution in [3.05, 3.63) is 36.1 Å². The monoisotopic (exact) mass is 219 g/mol. The van der Waals surface area contributed by atoms with E-state index in [0.29, 0.717) is 13.1 Å². The van der Waals surface area contributed by atoms with Crippen molar-refractivity contribution < 1.29 is 9.52 Å². The van der Waals surface area contributed by atoms with Crippen LogP contribution in [-0.2, 0) is 6.54 Å². The van der Waals surface area contributed by atoms with Gasteiger partial charge in [-0.2, -0.15) is 0 Å². The molecule has 3 nitrogen and oxygen atoms in total. The first-order valence-electron chi connectivity index (χ1n) is 5.44. The van der Waals surface area contributed by atoms with Crippen LogP contribution in [0.15, 0.2) is 34.9 Å². The number of fused-ring (bicyclic) bond motifs is 1. The van der Waals surface area contributed by atoms with Gasteiger partial charge in [0.05, 0.1) is 11.9 Å². The molecule has 0 bridgehead atoms. The molecule has 2 aromatic rings. The molecule has 86 valence electrons. The van der Waals surface area contributed by atoms with E-state index in [9.17, 15) is 5.11 Å². The third kappa shape index (κ3) is 2.62. The minimum absolute atomic E-state index is 0.562. The lowest BCUT2D eigenvalue weighted by molar-refractivity contribution is 0.0795. The third-order valence-electron chi connectivity index (χ3n) is 2.43. The maximum Gasteiger partial charge on any atom is 0.134 e. The van der Waals surface area contributed by atoms with Gasteiger partial charge in [-0.1, -0.05) is 18.2 Å². The van der Waals surface area contributed by atoms with Gasteiger partial charge >= 0.3 is 0 Å². The lowest BCUT2D eigenvalue weighted by atomic mass is 10.1. The molecule has 16 heavy (non-hydrogen) atoms. The van der Waals surface area contributed by atoms with Crippen molar-refractivity contribution in [2.45, 2.75) is 26.0 Å². The van der Waals surface area contributed by atoms with E-state index < -0.39 is 5.60 Å². The van der Waals surface area contributed by atoms with Crippen molar-refractivity contribution in [3.8, 4) is 0 Å². The van der Waals surface area contributed by atoms with Crippen molar-refractivity contribution in [1.82, 2.24) is 5.32 Å². The first-order valence-corrected chi connectivity index (χ1v) is 5.44. The Morgan fingerprint density at radius 3 is 2.81 bits per heavy atom. The Bertz CT molecular complexity index is 468. The average molecular weight is 219 g/mol. The van der Waals surface area contributed by atoms with E-state index in [1.807, 2.05) is 24.3 Å². The van der Waals surface area contributed by atoms with Crippen molar-refractivity contribution >= 4 is 11.0 Å². The van der Waals surface area contributed by atoms with Gasteiger partial charge in [0.15, 0.2) is 0 Å². The second-order valence-electron chi connectivity index (χ2n) is 4.67. The lowest BCUT2D eigenvalue weighted by Gasteiger charge is -2.17. The highest BCUT2D eigenvalue weighted by atomic mass is 16.3. The van der Waals surface area contributed by atoms with Gasteiger partial charge < -0.3 is 14.8 Å². The Morgan fingerprint density at radius 1 is 1.31 bits per heavy atom. The highest BCUT2D eigenvalue weighted by molar-refractivity contribution is 5.80. The normalized spacial score (nSPS) is 12.2. The second kappa shape index (κ2) is 4.28. The number of hydrogen-bond acceptors (Lipinski definition) is 3. The number of furan rings is 1. The Kier molecular flexibility index (Phi) is 2.99. The SMILES string of the molecule is CC(C)(O)CNCc1coc2ccccc12. The summed E-state index contributed by atoms with van der Waals surface area (Å²) in [5.41, 5.74) is 1.35. The fourth-order valence-corrected chi connectivity index (χ4v) is 1.67. The van der Waals surface area contributed by atoms with Crippen molar-refractivity contribution in [3.63, 3.8) is 0 Å². The summed E-state index contributed by atoms with van der Waals surface area (Å²) in [4.78, 5) is 0. The molecule has 3 heteroatoms. The van der Waals surface area contributed by atoms with Gasteiger partial charge in [0.2, 0.25) is 0 Å². The van der Waals surface area contributed by atoms with Crippen LogP contribution in [-0.4, -0.2) is 17.3 Å². The zero-order valence-electron chi connectivity index (χ0n) is 9.66. The number of nitrogens with one attached hydrogen (secondary N) is 1. The predicted octanol–water partition coefficient (Wildman–Crippen LogP) is 2.29. The molecule has 1 aromatic carbocycles. The Labute approximate surface area is 95.1 Å². The molecule has 0 amide bonds. The summed E-state index contributed by atoms with van der Waals surface area (Å²) in [5, 5.41) is 13.9. The van der Waals surface area contributed by atoms with E-state index in [-0.39, 0.29) is 0 Å². The minimum Gasteiger partial charge on any atom is -0.464 e. The van der Waals surface area contributed by atoms with E-state index >= 15 is 0 Å². The van der Waals surface area contributed by atoms with Crippen LogP contribution in [0.5, 0.6) is 0 Å². The Hall–Kier alpha value is -1.32. The van der Waals surface area contributed by atoms with Crippen LogP contribution in [0.25, 0.3) is 11.0 Å². The summed E-state index contributed by atoms with van der Waals surface area (Å²) >= 11 is 0. The molecule has 0 fully saturated rings. The fraction of sp³-hybridized carbons (Fsp3) is 0.385. The predicted molar refractivity (Wildman–Crippen MR) is 64.2 cm³/mol. The highest BCUT2D eigenvalue weighted by Gasteiger charge is 2.12. The summed E-state index contributed by atoms with van der Waals surface area (Å²) in [6.07, 6.45) is 1.77. The summed E-state index contributed by atoms with van der Waals surface area (Å²) in [7, 11) is 0. The molecule has 1 aromatic heterocycles. The molecule has 1 heterocycles. The van der Waals surface area contributed by atoms with E-state index in [1.165, 1.54) is 0 Å². The topological polar surface area (TPSA) is 45.4 Å². The lowest BCUT2D eigenvalue weighted by Crippen LogP contribution is -2.34. The molecule has 0 saturated heterocycles. The van der Waals surface area contributed by atoms with Crippen LogP contribution in [0.3, 0.4) is 0 Å². The van der Waals surface area contributed by atoms with Gasteiger partial charge in [-0.15, -0.1) is 0 Å². The van der Waals surface area contributed by atoms with Crippen molar-refractivity contribution in [2.24, 2.45) is 0 Å². The zero-order chi connectivity index (χ0) is 11.6. The minimum atomic E-state index is -0.681. The number of benzene rings is 1. The Balaban J connectivity index is 2.05. The molecule has 0 atom stereocenters. The smallest absolute Gasteiger partial charge is 0.134 e. The molecule has 2 N–H and O–H groups in total. The van der Waals surface area contributed by atoms with Gasteiger partial charge in [0, 0.05) is 24.0 Å².